The second-order valence-corrected chi connectivity index (χ2v) is 8.59. The summed E-state index contributed by atoms with van der Waals surface area (Å²) in [5.41, 5.74) is 0. The van der Waals surface area contributed by atoms with Crippen LogP contribution in [-0.4, -0.2) is 61.5 Å². The van der Waals surface area contributed by atoms with Crippen molar-refractivity contribution in [1.29, 1.82) is 0 Å². The zero-order valence-corrected chi connectivity index (χ0v) is 18.2. The Balaban J connectivity index is 1.80. The molecule has 3 heterocycles. The van der Waals surface area contributed by atoms with Crippen LogP contribution in [0.3, 0.4) is 0 Å². The number of aromatic nitrogens is 2. The molecule has 156 valence electrons. The standard InChI is InChI=1S/C20H34N6OS/c1-15-11-16(2)14-26(13-15)18-12-17(25-8-5-4-6-9-25)22-19(23-18)24-20(28)21-7-10-27-3/h12,15-16H,4-11,13-14H2,1-3H3,(H2,21,22,23,24,28)/t15-,16-/m1/s1. The van der Waals surface area contributed by atoms with Crippen molar-refractivity contribution in [3.63, 3.8) is 0 Å². The van der Waals surface area contributed by atoms with Gasteiger partial charge in [0, 0.05) is 45.9 Å². The molecule has 2 saturated heterocycles. The van der Waals surface area contributed by atoms with Crippen LogP contribution in [0, 0.1) is 11.8 Å². The zero-order valence-electron chi connectivity index (χ0n) is 17.4. The van der Waals surface area contributed by atoms with Crippen LogP contribution in [0.5, 0.6) is 0 Å². The first kappa shape index (κ1) is 21.0. The van der Waals surface area contributed by atoms with Gasteiger partial charge in [-0.1, -0.05) is 13.8 Å². The molecule has 2 aliphatic heterocycles. The number of nitrogens with one attached hydrogen (secondary N) is 2. The third kappa shape index (κ3) is 5.91. The molecule has 0 bridgehead atoms. The number of thiocarbonyl (C=S) groups is 1. The highest BCUT2D eigenvalue weighted by Gasteiger charge is 2.24. The third-order valence-electron chi connectivity index (χ3n) is 5.39. The van der Waals surface area contributed by atoms with Gasteiger partial charge in [-0.2, -0.15) is 9.97 Å². The molecule has 2 aliphatic rings. The molecular weight excluding hydrogens is 372 g/mol. The number of hydrogen-bond donors (Lipinski definition) is 2. The highest BCUT2D eigenvalue weighted by molar-refractivity contribution is 7.80. The van der Waals surface area contributed by atoms with E-state index in [0.29, 0.717) is 36.0 Å². The minimum Gasteiger partial charge on any atom is -0.383 e. The van der Waals surface area contributed by atoms with Gasteiger partial charge in [-0.25, -0.2) is 0 Å². The van der Waals surface area contributed by atoms with Crippen molar-refractivity contribution in [3.8, 4) is 0 Å². The van der Waals surface area contributed by atoms with E-state index in [9.17, 15) is 0 Å². The molecule has 0 unspecified atom stereocenters. The normalized spacial score (nSPS) is 22.8. The Morgan fingerprint density at radius 1 is 1.11 bits per heavy atom. The Hall–Kier alpha value is -1.67. The lowest BCUT2D eigenvalue weighted by molar-refractivity contribution is 0.204. The molecule has 0 saturated carbocycles. The van der Waals surface area contributed by atoms with Crippen LogP contribution in [0.4, 0.5) is 17.6 Å². The van der Waals surface area contributed by atoms with Crippen molar-refractivity contribution in [2.24, 2.45) is 11.8 Å². The molecule has 0 aliphatic carbocycles. The maximum atomic E-state index is 5.40. The van der Waals surface area contributed by atoms with Gasteiger partial charge in [-0.3, -0.25) is 0 Å². The summed E-state index contributed by atoms with van der Waals surface area (Å²) in [5, 5.41) is 6.83. The summed E-state index contributed by atoms with van der Waals surface area (Å²) in [5.74, 6) is 3.91. The SMILES string of the molecule is COCCNC(=S)Nc1nc(N2CCCCC2)cc(N2C[C@H](C)C[C@@H](C)C2)n1. The third-order valence-corrected chi connectivity index (χ3v) is 5.64. The van der Waals surface area contributed by atoms with Crippen LogP contribution in [0.1, 0.15) is 39.5 Å². The maximum Gasteiger partial charge on any atom is 0.232 e. The molecule has 7 nitrogen and oxygen atoms in total. The number of rotatable bonds is 6. The van der Waals surface area contributed by atoms with Gasteiger partial charge in [0.25, 0.3) is 0 Å². The van der Waals surface area contributed by atoms with Gasteiger partial charge in [0.2, 0.25) is 5.95 Å². The van der Waals surface area contributed by atoms with E-state index in [4.69, 9.17) is 26.9 Å². The highest BCUT2D eigenvalue weighted by Crippen LogP contribution is 2.29. The Bertz CT molecular complexity index is 642. The number of hydrogen-bond acceptors (Lipinski definition) is 6. The van der Waals surface area contributed by atoms with Crippen LogP contribution in [0.2, 0.25) is 0 Å². The molecule has 1 aromatic rings. The summed E-state index contributed by atoms with van der Waals surface area (Å²) < 4.78 is 5.06. The molecule has 2 fully saturated rings. The van der Waals surface area contributed by atoms with E-state index in [2.05, 4.69) is 40.3 Å². The first-order chi connectivity index (χ1) is 13.5. The molecule has 0 spiro atoms. The monoisotopic (exact) mass is 406 g/mol. The minimum absolute atomic E-state index is 0.527. The second-order valence-electron chi connectivity index (χ2n) is 8.18. The first-order valence-corrected chi connectivity index (χ1v) is 10.9. The van der Waals surface area contributed by atoms with Crippen molar-refractivity contribution in [3.05, 3.63) is 6.07 Å². The lowest BCUT2D eigenvalue weighted by atomic mass is 9.92. The number of ether oxygens (including phenoxy) is 1. The van der Waals surface area contributed by atoms with E-state index in [1.807, 2.05) is 0 Å². The Kier molecular flexibility index (Phi) is 7.67. The average Bonchev–Trinajstić information content (AvgIpc) is 2.68. The molecule has 2 atom stereocenters. The van der Waals surface area contributed by atoms with Crippen molar-refractivity contribution < 1.29 is 4.74 Å². The van der Waals surface area contributed by atoms with Gasteiger partial charge in [0.1, 0.15) is 11.6 Å². The molecule has 0 aromatic carbocycles. The fourth-order valence-corrected chi connectivity index (χ4v) is 4.38. The molecule has 2 N–H and O–H groups in total. The highest BCUT2D eigenvalue weighted by atomic mass is 32.1. The van der Waals surface area contributed by atoms with Crippen LogP contribution < -0.4 is 20.4 Å². The number of piperidine rings is 2. The van der Waals surface area contributed by atoms with Crippen molar-refractivity contribution >= 4 is 34.9 Å². The van der Waals surface area contributed by atoms with Crippen LogP contribution in [-0.2, 0) is 4.74 Å². The average molecular weight is 407 g/mol. The second kappa shape index (κ2) is 10.2. The summed E-state index contributed by atoms with van der Waals surface area (Å²) in [6, 6.07) is 2.16. The minimum atomic E-state index is 0.527. The summed E-state index contributed by atoms with van der Waals surface area (Å²) in [4.78, 5) is 14.4. The van der Waals surface area contributed by atoms with Gasteiger partial charge in [0.15, 0.2) is 5.11 Å². The first-order valence-electron chi connectivity index (χ1n) is 10.5. The van der Waals surface area contributed by atoms with Gasteiger partial charge >= 0.3 is 0 Å². The summed E-state index contributed by atoms with van der Waals surface area (Å²) in [6.45, 7) is 10.1. The fraction of sp³-hybridized carbons (Fsp3) is 0.750. The summed E-state index contributed by atoms with van der Waals surface area (Å²) in [7, 11) is 1.68. The van der Waals surface area contributed by atoms with E-state index in [1.54, 1.807) is 7.11 Å². The molecule has 1 aromatic heterocycles. The Morgan fingerprint density at radius 3 is 2.39 bits per heavy atom. The van der Waals surface area contributed by atoms with E-state index < -0.39 is 0 Å². The molecular formula is C20H34N6OS. The van der Waals surface area contributed by atoms with Gasteiger partial charge in [-0.05, 0) is 49.7 Å². The Labute approximate surface area is 174 Å². The predicted molar refractivity (Wildman–Crippen MR) is 119 cm³/mol. The van der Waals surface area contributed by atoms with Crippen molar-refractivity contribution in [2.45, 2.75) is 39.5 Å². The lowest BCUT2D eigenvalue weighted by Gasteiger charge is -2.36. The maximum absolute atomic E-state index is 5.40. The number of nitrogens with zero attached hydrogens (tertiary/aromatic N) is 4. The quantitative estimate of drug-likeness (QED) is 0.552. The van der Waals surface area contributed by atoms with E-state index in [1.165, 1.54) is 25.7 Å². The number of anilines is 3. The van der Waals surface area contributed by atoms with Gasteiger partial charge in [0.05, 0.1) is 6.61 Å². The summed E-state index contributed by atoms with van der Waals surface area (Å²) in [6.07, 6.45) is 5.01. The number of methoxy groups -OCH3 is 1. The fourth-order valence-electron chi connectivity index (χ4n) is 4.19. The van der Waals surface area contributed by atoms with Gasteiger partial charge in [-0.15, -0.1) is 0 Å². The summed E-state index contributed by atoms with van der Waals surface area (Å²) >= 11 is 5.40. The molecule has 8 heteroatoms. The van der Waals surface area contributed by atoms with E-state index in [0.717, 1.165) is 37.8 Å². The van der Waals surface area contributed by atoms with Crippen molar-refractivity contribution in [2.75, 3.05) is 61.6 Å². The van der Waals surface area contributed by atoms with Crippen LogP contribution in [0.25, 0.3) is 0 Å². The molecule has 3 rings (SSSR count). The molecule has 0 radical (unpaired) electrons. The molecule has 0 amide bonds. The van der Waals surface area contributed by atoms with Crippen LogP contribution >= 0.6 is 12.2 Å². The van der Waals surface area contributed by atoms with E-state index >= 15 is 0 Å². The van der Waals surface area contributed by atoms with Gasteiger partial charge < -0.3 is 25.2 Å². The smallest absolute Gasteiger partial charge is 0.232 e. The Morgan fingerprint density at radius 2 is 1.75 bits per heavy atom. The molecule has 28 heavy (non-hydrogen) atoms. The van der Waals surface area contributed by atoms with Crippen LogP contribution in [0.15, 0.2) is 6.07 Å². The lowest BCUT2D eigenvalue weighted by Crippen LogP contribution is -2.40. The zero-order chi connectivity index (χ0) is 19.9. The predicted octanol–water partition coefficient (Wildman–Crippen LogP) is 2.88. The van der Waals surface area contributed by atoms with Crippen molar-refractivity contribution in [1.82, 2.24) is 15.3 Å². The topological polar surface area (TPSA) is 65.6 Å². The largest absolute Gasteiger partial charge is 0.383 e. The van der Waals surface area contributed by atoms with E-state index in [-0.39, 0.29) is 0 Å².